The zero-order chi connectivity index (χ0) is 22.2. The van der Waals surface area contributed by atoms with Gasteiger partial charge in [0.15, 0.2) is 0 Å². The van der Waals surface area contributed by atoms with E-state index in [1.165, 1.54) is 7.05 Å². The van der Waals surface area contributed by atoms with Crippen LogP contribution in [0.3, 0.4) is 0 Å². The Hall–Kier alpha value is -2.28. The van der Waals surface area contributed by atoms with Crippen molar-refractivity contribution >= 4 is 23.6 Å². The monoisotopic (exact) mass is 416 g/mol. The van der Waals surface area contributed by atoms with Crippen LogP contribution in [0.5, 0.6) is 0 Å². The second-order valence-corrected chi connectivity index (χ2v) is 6.32. The molecule has 8 N–H and O–H groups in total. The van der Waals surface area contributed by atoms with E-state index in [1.54, 1.807) is 28.2 Å². The highest BCUT2D eigenvalue weighted by molar-refractivity contribution is 5.91. The Kier molecular flexibility index (Phi) is 14.4. The van der Waals surface area contributed by atoms with Crippen molar-refractivity contribution in [2.24, 2.45) is 0 Å². The van der Waals surface area contributed by atoms with Crippen LogP contribution >= 0.6 is 0 Å². The Bertz CT molecular complexity index is 532. The van der Waals surface area contributed by atoms with Gasteiger partial charge in [0.05, 0.1) is 12.1 Å². The summed E-state index contributed by atoms with van der Waals surface area (Å²) in [7, 11) is 8.23. The van der Waals surface area contributed by atoms with E-state index in [0.29, 0.717) is 13.1 Å². The maximum atomic E-state index is 12.5. The molecule has 0 aromatic rings. The highest BCUT2D eigenvalue weighted by Crippen LogP contribution is 1.91. The number of nitrogens with one attached hydrogen (secondary N) is 8. The van der Waals surface area contributed by atoms with Crippen molar-refractivity contribution < 1.29 is 19.2 Å². The van der Waals surface area contributed by atoms with Gasteiger partial charge < -0.3 is 42.5 Å². The van der Waals surface area contributed by atoms with Crippen LogP contribution in [0.2, 0.25) is 0 Å². The van der Waals surface area contributed by atoms with Gasteiger partial charge in [-0.3, -0.25) is 19.2 Å². The fourth-order valence-corrected chi connectivity index (χ4v) is 2.41. The zero-order valence-corrected chi connectivity index (χ0v) is 17.9. The quantitative estimate of drug-likeness (QED) is 0.132. The van der Waals surface area contributed by atoms with Crippen LogP contribution in [0.1, 0.15) is 6.42 Å². The SMILES string of the molecule is CNCC(NC)C(=O)NCC(NC(=O)C(CNC)NC)C(=O)NCCC(=O)NC. The van der Waals surface area contributed by atoms with Crippen molar-refractivity contribution in [3.63, 3.8) is 0 Å². The summed E-state index contributed by atoms with van der Waals surface area (Å²) in [6.45, 7) is 0.795. The molecule has 0 radical (unpaired) electrons. The largest absolute Gasteiger partial charge is 0.359 e. The Labute approximate surface area is 172 Å². The highest BCUT2D eigenvalue weighted by Gasteiger charge is 2.26. The minimum atomic E-state index is -0.990. The third kappa shape index (κ3) is 10.7. The van der Waals surface area contributed by atoms with Crippen molar-refractivity contribution in [1.82, 2.24) is 42.5 Å². The molecule has 0 rings (SSSR count). The van der Waals surface area contributed by atoms with Gasteiger partial charge in [0.1, 0.15) is 6.04 Å². The summed E-state index contributed by atoms with van der Waals surface area (Å²) >= 11 is 0. The molecule has 0 bridgehead atoms. The Balaban J connectivity index is 5.02. The molecule has 0 fully saturated rings. The van der Waals surface area contributed by atoms with Crippen LogP contribution in [0, 0.1) is 0 Å². The molecule has 0 aromatic heterocycles. The van der Waals surface area contributed by atoms with Crippen molar-refractivity contribution in [2.75, 3.05) is 61.4 Å². The molecule has 12 heteroatoms. The van der Waals surface area contributed by atoms with Crippen molar-refractivity contribution in [3.8, 4) is 0 Å². The average molecular weight is 417 g/mol. The van der Waals surface area contributed by atoms with Crippen LogP contribution < -0.4 is 42.5 Å². The first-order valence-electron chi connectivity index (χ1n) is 9.54. The Morgan fingerprint density at radius 2 is 1.17 bits per heavy atom. The molecule has 4 amide bonds. The highest BCUT2D eigenvalue weighted by atomic mass is 16.2. The summed E-state index contributed by atoms with van der Waals surface area (Å²) in [6.07, 6.45) is 0.109. The van der Waals surface area contributed by atoms with E-state index < -0.39 is 24.0 Å². The van der Waals surface area contributed by atoms with Crippen LogP contribution in [0.15, 0.2) is 0 Å². The topological polar surface area (TPSA) is 165 Å². The third-order valence-electron chi connectivity index (χ3n) is 4.19. The van der Waals surface area contributed by atoms with Gasteiger partial charge in [0.2, 0.25) is 23.6 Å². The molecular weight excluding hydrogens is 380 g/mol. The Morgan fingerprint density at radius 3 is 1.66 bits per heavy atom. The summed E-state index contributed by atoms with van der Waals surface area (Å²) in [5.41, 5.74) is 0. The van der Waals surface area contributed by atoms with Gasteiger partial charge in [-0.15, -0.1) is 0 Å². The van der Waals surface area contributed by atoms with E-state index in [0.717, 1.165) is 0 Å². The fourth-order valence-electron chi connectivity index (χ4n) is 2.41. The van der Waals surface area contributed by atoms with Crippen LogP contribution in [-0.2, 0) is 19.2 Å². The summed E-state index contributed by atoms with van der Waals surface area (Å²) in [5.74, 6) is -1.40. The van der Waals surface area contributed by atoms with Crippen LogP contribution in [0.4, 0.5) is 0 Å². The minimum absolute atomic E-state index is 0.0890. The lowest BCUT2D eigenvalue weighted by Crippen LogP contribution is -2.59. The van der Waals surface area contributed by atoms with E-state index in [-0.39, 0.29) is 37.2 Å². The maximum absolute atomic E-state index is 12.5. The molecule has 168 valence electrons. The number of carbonyl (C=O) groups excluding carboxylic acids is 4. The molecule has 12 nitrogen and oxygen atoms in total. The number of rotatable bonds is 15. The van der Waals surface area contributed by atoms with E-state index in [4.69, 9.17) is 0 Å². The molecule has 0 aliphatic carbocycles. The second kappa shape index (κ2) is 15.6. The molecule has 3 atom stereocenters. The molecule has 0 aliphatic rings. The molecule has 0 saturated carbocycles. The zero-order valence-electron chi connectivity index (χ0n) is 17.9. The van der Waals surface area contributed by atoms with Gasteiger partial charge in [-0.2, -0.15) is 0 Å². The lowest BCUT2D eigenvalue weighted by molar-refractivity contribution is -0.130. The molecule has 3 unspecified atom stereocenters. The lowest BCUT2D eigenvalue weighted by Gasteiger charge is -2.23. The lowest BCUT2D eigenvalue weighted by atomic mass is 10.2. The van der Waals surface area contributed by atoms with Crippen molar-refractivity contribution in [3.05, 3.63) is 0 Å². The van der Waals surface area contributed by atoms with E-state index in [2.05, 4.69) is 42.5 Å². The molecular formula is C17H36N8O4. The number of carbonyl (C=O) groups is 4. The molecule has 0 saturated heterocycles. The molecule has 0 aromatic carbocycles. The fraction of sp³-hybridized carbons (Fsp3) is 0.765. The summed E-state index contributed by atoms with van der Waals surface area (Å²) in [4.78, 5) is 48.6. The predicted octanol–water partition coefficient (Wildman–Crippen LogP) is -4.55. The number of hydrogen-bond acceptors (Lipinski definition) is 8. The standard InChI is InChI=1S/C17H36N8O4/c1-18-8-11(20-3)15(27)24-10-13(16(28)23-7-6-14(26)22-5)25-17(29)12(21-4)9-19-2/h11-13,18-21H,6-10H2,1-5H3,(H,22,26)(H,23,28)(H,24,27)(H,25,29). The van der Waals surface area contributed by atoms with Gasteiger partial charge in [0.25, 0.3) is 0 Å². The van der Waals surface area contributed by atoms with Gasteiger partial charge in [-0.1, -0.05) is 0 Å². The van der Waals surface area contributed by atoms with E-state index in [9.17, 15) is 19.2 Å². The first-order valence-corrected chi connectivity index (χ1v) is 9.54. The van der Waals surface area contributed by atoms with Gasteiger partial charge in [-0.25, -0.2) is 0 Å². The van der Waals surface area contributed by atoms with Gasteiger partial charge >= 0.3 is 0 Å². The van der Waals surface area contributed by atoms with Crippen LogP contribution in [0.25, 0.3) is 0 Å². The van der Waals surface area contributed by atoms with Gasteiger partial charge in [0, 0.05) is 39.6 Å². The second-order valence-electron chi connectivity index (χ2n) is 6.32. The number of likely N-dealkylation sites (N-methyl/N-ethyl adjacent to an activating group) is 4. The summed E-state index contributed by atoms with van der Waals surface area (Å²) < 4.78 is 0. The smallest absolute Gasteiger partial charge is 0.244 e. The molecule has 0 spiro atoms. The number of hydrogen-bond donors (Lipinski definition) is 8. The average Bonchev–Trinajstić information content (AvgIpc) is 2.72. The van der Waals surface area contributed by atoms with E-state index >= 15 is 0 Å². The maximum Gasteiger partial charge on any atom is 0.244 e. The Morgan fingerprint density at radius 1 is 0.655 bits per heavy atom. The normalized spacial score (nSPS) is 13.7. The summed E-state index contributed by atoms with van der Waals surface area (Å²) in [6, 6.07) is -2.02. The minimum Gasteiger partial charge on any atom is -0.359 e. The van der Waals surface area contributed by atoms with Crippen molar-refractivity contribution in [2.45, 2.75) is 24.5 Å². The molecule has 29 heavy (non-hydrogen) atoms. The predicted molar refractivity (Wildman–Crippen MR) is 110 cm³/mol. The third-order valence-corrected chi connectivity index (χ3v) is 4.19. The van der Waals surface area contributed by atoms with Gasteiger partial charge in [-0.05, 0) is 28.2 Å². The van der Waals surface area contributed by atoms with Crippen molar-refractivity contribution in [1.29, 1.82) is 0 Å². The molecule has 0 aliphatic heterocycles. The first kappa shape index (κ1) is 26.7. The number of amides is 4. The van der Waals surface area contributed by atoms with Crippen LogP contribution in [-0.4, -0.2) is 103 Å². The summed E-state index contributed by atoms with van der Waals surface area (Å²) in [5, 5.41) is 21.9. The van der Waals surface area contributed by atoms with E-state index in [1.807, 2.05) is 0 Å². The molecule has 0 heterocycles. The first-order chi connectivity index (χ1) is 13.8.